The van der Waals surface area contributed by atoms with Crippen LogP contribution in [0.15, 0.2) is 72.4 Å². The zero-order chi connectivity index (χ0) is 24.4. The summed E-state index contributed by atoms with van der Waals surface area (Å²) >= 11 is 0. The third kappa shape index (κ3) is 4.24. The van der Waals surface area contributed by atoms with Crippen molar-refractivity contribution in [3.05, 3.63) is 89.3 Å². The van der Waals surface area contributed by atoms with E-state index in [0.29, 0.717) is 28.4 Å². The number of aryl methyl sites for hydroxylation is 1. The molecule has 3 aromatic rings. The van der Waals surface area contributed by atoms with Gasteiger partial charge in [-0.05, 0) is 80.9 Å². The van der Waals surface area contributed by atoms with Crippen LogP contribution in [0.25, 0.3) is 5.76 Å². The molecule has 7 nitrogen and oxygen atoms in total. The minimum Gasteiger partial charge on any atom is -0.507 e. The molecular formula is C27H26N2O5. The summed E-state index contributed by atoms with van der Waals surface area (Å²) in [6.07, 6.45) is 1.59. The number of aromatic nitrogens is 1. The molecule has 2 aromatic carbocycles. The summed E-state index contributed by atoms with van der Waals surface area (Å²) in [5.74, 6) is -0.465. The van der Waals surface area contributed by atoms with Crippen LogP contribution in [0.2, 0.25) is 0 Å². The molecule has 1 amide bonds. The van der Waals surface area contributed by atoms with Crippen molar-refractivity contribution < 1.29 is 24.2 Å². The Morgan fingerprint density at radius 3 is 2.38 bits per heavy atom. The van der Waals surface area contributed by atoms with E-state index in [4.69, 9.17) is 9.47 Å². The molecule has 1 saturated heterocycles. The van der Waals surface area contributed by atoms with Crippen LogP contribution in [0.5, 0.6) is 11.5 Å². The van der Waals surface area contributed by atoms with Crippen molar-refractivity contribution in [3.8, 4) is 11.5 Å². The van der Waals surface area contributed by atoms with E-state index in [-0.39, 0.29) is 17.4 Å². The number of anilines is 1. The fourth-order valence-corrected chi connectivity index (χ4v) is 4.00. The molecule has 1 atom stereocenters. The van der Waals surface area contributed by atoms with E-state index >= 15 is 0 Å². The number of hydrogen-bond donors (Lipinski definition) is 1. The van der Waals surface area contributed by atoms with Gasteiger partial charge in [0.15, 0.2) is 0 Å². The predicted molar refractivity (Wildman–Crippen MR) is 129 cm³/mol. The van der Waals surface area contributed by atoms with Crippen LogP contribution in [-0.2, 0) is 9.59 Å². The molecule has 1 aromatic heterocycles. The number of aliphatic hydroxyl groups is 1. The van der Waals surface area contributed by atoms with Crippen LogP contribution < -0.4 is 14.4 Å². The standard InChI is InChI=1S/C27H26N2O5/c1-16(2)34-22-13-8-18(15-17(22)3)25(30)23-24(21-7-5-6-14-28-21)29(27(32)26(23)31)19-9-11-20(33-4)12-10-19/h5-16,24,30H,1-4H3/b25-23-. The van der Waals surface area contributed by atoms with Crippen LogP contribution >= 0.6 is 0 Å². The van der Waals surface area contributed by atoms with Crippen LogP contribution in [0.3, 0.4) is 0 Å². The number of ether oxygens (including phenoxy) is 2. The summed E-state index contributed by atoms with van der Waals surface area (Å²) in [5.41, 5.74) is 2.17. The number of methoxy groups -OCH3 is 1. The summed E-state index contributed by atoms with van der Waals surface area (Å²) in [6.45, 7) is 5.72. The van der Waals surface area contributed by atoms with Gasteiger partial charge >= 0.3 is 0 Å². The van der Waals surface area contributed by atoms with Gasteiger partial charge in [0.25, 0.3) is 11.7 Å². The fourth-order valence-electron chi connectivity index (χ4n) is 4.00. The third-order valence-corrected chi connectivity index (χ3v) is 5.57. The monoisotopic (exact) mass is 458 g/mol. The molecule has 0 aliphatic carbocycles. The summed E-state index contributed by atoms with van der Waals surface area (Å²) in [6, 6.07) is 16.3. The Morgan fingerprint density at radius 1 is 1.06 bits per heavy atom. The summed E-state index contributed by atoms with van der Waals surface area (Å²) in [7, 11) is 1.55. The normalized spacial score (nSPS) is 17.3. The van der Waals surface area contributed by atoms with E-state index < -0.39 is 17.7 Å². The number of amides is 1. The Balaban J connectivity index is 1.86. The number of carbonyl (C=O) groups excluding carboxylic acids is 2. The Morgan fingerprint density at radius 2 is 1.79 bits per heavy atom. The van der Waals surface area contributed by atoms with Crippen LogP contribution in [0.4, 0.5) is 5.69 Å². The quantitative estimate of drug-likeness (QED) is 0.324. The van der Waals surface area contributed by atoms with Gasteiger partial charge in [0.05, 0.1) is 24.5 Å². The van der Waals surface area contributed by atoms with Crippen molar-refractivity contribution in [1.29, 1.82) is 0 Å². The van der Waals surface area contributed by atoms with Crippen LogP contribution in [0, 0.1) is 6.92 Å². The van der Waals surface area contributed by atoms with Gasteiger partial charge in [-0.2, -0.15) is 0 Å². The zero-order valence-corrected chi connectivity index (χ0v) is 19.5. The van der Waals surface area contributed by atoms with Crippen LogP contribution in [-0.4, -0.2) is 35.0 Å². The highest BCUT2D eigenvalue weighted by Crippen LogP contribution is 2.42. The van der Waals surface area contributed by atoms with Gasteiger partial charge in [0.1, 0.15) is 23.3 Å². The second-order valence-corrected chi connectivity index (χ2v) is 8.27. The molecule has 174 valence electrons. The second kappa shape index (κ2) is 9.39. The Bertz CT molecular complexity index is 1250. The van der Waals surface area contributed by atoms with Crippen LogP contribution in [0.1, 0.15) is 36.7 Å². The highest BCUT2D eigenvalue weighted by Gasteiger charge is 2.47. The highest BCUT2D eigenvalue weighted by molar-refractivity contribution is 6.51. The minimum absolute atomic E-state index is 0.00266. The van der Waals surface area contributed by atoms with Gasteiger partial charge in [-0.25, -0.2) is 0 Å². The fraction of sp³-hybridized carbons (Fsp3) is 0.222. The minimum atomic E-state index is -0.888. The number of carbonyl (C=O) groups is 2. The molecule has 1 N–H and O–H groups in total. The molecule has 2 heterocycles. The molecule has 1 unspecified atom stereocenters. The van der Waals surface area contributed by atoms with Crippen molar-refractivity contribution in [2.45, 2.75) is 32.9 Å². The lowest BCUT2D eigenvalue weighted by Gasteiger charge is -2.24. The highest BCUT2D eigenvalue weighted by atomic mass is 16.5. The number of nitrogens with zero attached hydrogens (tertiary/aromatic N) is 2. The first kappa shape index (κ1) is 23.0. The van der Waals surface area contributed by atoms with E-state index in [1.807, 2.05) is 20.8 Å². The van der Waals surface area contributed by atoms with E-state index in [0.717, 1.165) is 5.56 Å². The first-order chi connectivity index (χ1) is 16.3. The molecule has 34 heavy (non-hydrogen) atoms. The van der Waals surface area contributed by atoms with E-state index in [9.17, 15) is 14.7 Å². The van der Waals surface area contributed by atoms with Crippen molar-refractivity contribution in [1.82, 2.24) is 4.98 Å². The Hall–Kier alpha value is -4.13. The molecule has 1 fully saturated rings. The molecule has 4 rings (SSSR count). The molecule has 0 bridgehead atoms. The third-order valence-electron chi connectivity index (χ3n) is 5.57. The van der Waals surface area contributed by atoms with Crippen molar-refractivity contribution in [2.75, 3.05) is 12.0 Å². The van der Waals surface area contributed by atoms with E-state index in [1.54, 1.807) is 74.0 Å². The molecule has 7 heteroatoms. The maximum Gasteiger partial charge on any atom is 0.300 e. The topological polar surface area (TPSA) is 89.0 Å². The lowest BCUT2D eigenvalue weighted by atomic mass is 9.97. The summed E-state index contributed by atoms with van der Waals surface area (Å²) < 4.78 is 11.0. The average molecular weight is 459 g/mol. The van der Waals surface area contributed by atoms with E-state index in [1.165, 1.54) is 4.90 Å². The SMILES string of the molecule is COc1ccc(N2C(=O)C(=O)/C(=C(\O)c3ccc(OC(C)C)c(C)c3)C2c2ccccn2)cc1. The smallest absolute Gasteiger partial charge is 0.300 e. The van der Waals surface area contributed by atoms with E-state index in [2.05, 4.69) is 4.98 Å². The number of hydrogen-bond acceptors (Lipinski definition) is 6. The van der Waals surface area contributed by atoms with Crippen molar-refractivity contribution in [2.24, 2.45) is 0 Å². The summed E-state index contributed by atoms with van der Waals surface area (Å²) in [5, 5.41) is 11.3. The lowest BCUT2D eigenvalue weighted by molar-refractivity contribution is -0.132. The number of aliphatic hydroxyl groups excluding tert-OH is 1. The molecule has 1 aliphatic heterocycles. The predicted octanol–water partition coefficient (Wildman–Crippen LogP) is 4.81. The van der Waals surface area contributed by atoms with Gasteiger partial charge in [-0.15, -0.1) is 0 Å². The Kier molecular flexibility index (Phi) is 6.36. The lowest BCUT2D eigenvalue weighted by Crippen LogP contribution is -2.29. The zero-order valence-electron chi connectivity index (χ0n) is 19.5. The number of Topliss-reactive ketones (excluding diaryl/α,β-unsaturated/α-hetero) is 1. The van der Waals surface area contributed by atoms with Gasteiger partial charge in [0, 0.05) is 17.4 Å². The van der Waals surface area contributed by atoms with Crippen molar-refractivity contribution in [3.63, 3.8) is 0 Å². The molecule has 1 aliphatic rings. The second-order valence-electron chi connectivity index (χ2n) is 8.27. The van der Waals surface area contributed by atoms with Gasteiger partial charge < -0.3 is 14.6 Å². The number of benzene rings is 2. The summed E-state index contributed by atoms with van der Waals surface area (Å²) in [4.78, 5) is 32.2. The first-order valence-electron chi connectivity index (χ1n) is 11.0. The number of pyridine rings is 1. The maximum absolute atomic E-state index is 13.2. The molecule has 0 saturated carbocycles. The molecule has 0 spiro atoms. The van der Waals surface area contributed by atoms with Gasteiger partial charge in [-0.1, -0.05) is 6.07 Å². The Labute approximate surface area is 198 Å². The van der Waals surface area contributed by atoms with Gasteiger partial charge in [0.2, 0.25) is 0 Å². The first-order valence-corrected chi connectivity index (χ1v) is 11.0. The molecule has 0 radical (unpaired) electrons. The largest absolute Gasteiger partial charge is 0.507 e. The number of rotatable bonds is 6. The number of ketones is 1. The van der Waals surface area contributed by atoms with Gasteiger partial charge in [-0.3, -0.25) is 19.5 Å². The average Bonchev–Trinajstić information content (AvgIpc) is 3.10. The molecular weight excluding hydrogens is 432 g/mol. The van der Waals surface area contributed by atoms with Crippen molar-refractivity contribution >= 4 is 23.1 Å². The maximum atomic E-state index is 13.2.